The lowest BCUT2D eigenvalue weighted by molar-refractivity contribution is 0.0689. The van der Waals surface area contributed by atoms with Crippen molar-refractivity contribution < 1.29 is 14.7 Å². The van der Waals surface area contributed by atoms with Crippen molar-refractivity contribution in [2.75, 3.05) is 6.54 Å². The number of carboxylic acid groups (broad SMARTS) is 1. The molecule has 1 heterocycles. The van der Waals surface area contributed by atoms with Crippen molar-refractivity contribution in [2.45, 2.75) is 32.6 Å². The Hall–Kier alpha value is -1.98. The molecule has 0 spiro atoms. The van der Waals surface area contributed by atoms with Crippen LogP contribution in [0.4, 0.5) is 0 Å². The number of aromatic carboxylic acids is 1. The number of nitrogens with one attached hydrogen (secondary N) is 1. The SMILES string of the molecule is CC1CCC(CNC(=O)c2cnc(C(=O)O)cn2)CC1. The lowest BCUT2D eigenvalue weighted by Gasteiger charge is -2.26. The molecule has 1 aromatic rings. The van der Waals surface area contributed by atoms with Gasteiger partial charge in [0.15, 0.2) is 5.69 Å². The topological polar surface area (TPSA) is 92.2 Å². The smallest absolute Gasteiger partial charge is 0.356 e. The Labute approximate surface area is 117 Å². The number of carbonyl (C=O) groups is 2. The second-order valence-electron chi connectivity index (χ2n) is 5.43. The summed E-state index contributed by atoms with van der Waals surface area (Å²) in [6.45, 7) is 2.91. The van der Waals surface area contributed by atoms with E-state index in [0.717, 1.165) is 25.0 Å². The van der Waals surface area contributed by atoms with E-state index in [0.29, 0.717) is 12.5 Å². The zero-order chi connectivity index (χ0) is 14.5. The van der Waals surface area contributed by atoms with E-state index in [9.17, 15) is 9.59 Å². The Kier molecular flexibility index (Phi) is 4.65. The number of hydrogen-bond acceptors (Lipinski definition) is 4. The first-order valence-electron chi connectivity index (χ1n) is 6.89. The average Bonchev–Trinajstić information content (AvgIpc) is 2.46. The van der Waals surface area contributed by atoms with Crippen LogP contribution in [0, 0.1) is 11.8 Å². The van der Waals surface area contributed by atoms with E-state index in [1.165, 1.54) is 19.0 Å². The van der Waals surface area contributed by atoms with Crippen LogP contribution in [0.1, 0.15) is 53.6 Å². The van der Waals surface area contributed by atoms with Gasteiger partial charge < -0.3 is 10.4 Å². The molecule has 6 heteroatoms. The molecule has 0 saturated heterocycles. The summed E-state index contributed by atoms with van der Waals surface area (Å²) >= 11 is 0. The zero-order valence-corrected chi connectivity index (χ0v) is 11.5. The van der Waals surface area contributed by atoms with Gasteiger partial charge in [-0.2, -0.15) is 0 Å². The average molecular weight is 277 g/mol. The predicted molar refractivity (Wildman–Crippen MR) is 72.4 cm³/mol. The van der Waals surface area contributed by atoms with E-state index in [1.54, 1.807) is 0 Å². The molecule has 20 heavy (non-hydrogen) atoms. The minimum Gasteiger partial charge on any atom is -0.476 e. The molecule has 2 rings (SSSR count). The predicted octanol–water partition coefficient (Wildman–Crippen LogP) is 1.73. The highest BCUT2D eigenvalue weighted by atomic mass is 16.4. The molecular formula is C14H19N3O3. The summed E-state index contributed by atoms with van der Waals surface area (Å²) in [5.74, 6) is -0.133. The maximum atomic E-state index is 11.9. The number of rotatable bonds is 4. The van der Waals surface area contributed by atoms with Crippen LogP contribution < -0.4 is 5.32 Å². The minimum absolute atomic E-state index is 0.152. The molecule has 0 unspecified atom stereocenters. The number of hydrogen-bond donors (Lipinski definition) is 2. The quantitative estimate of drug-likeness (QED) is 0.874. The lowest BCUT2D eigenvalue weighted by Crippen LogP contribution is -2.31. The fourth-order valence-electron chi connectivity index (χ4n) is 2.42. The number of aromatic nitrogens is 2. The van der Waals surface area contributed by atoms with Gasteiger partial charge in [-0.25, -0.2) is 14.8 Å². The molecule has 1 aromatic heterocycles. The van der Waals surface area contributed by atoms with Crippen LogP contribution in [0.15, 0.2) is 12.4 Å². The van der Waals surface area contributed by atoms with Gasteiger partial charge in [0.05, 0.1) is 12.4 Å². The summed E-state index contributed by atoms with van der Waals surface area (Å²) in [4.78, 5) is 30.0. The Morgan fingerprint density at radius 3 is 2.35 bits per heavy atom. The lowest BCUT2D eigenvalue weighted by atomic mass is 9.83. The van der Waals surface area contributed by atoms with Crippen molar-refractivity contribution in [3.05, 3.63) is 23.8 Å². The van der Waals surface area contributed by atoms with Crippen molar-refractivity contribution in [3.63, 3.8) is 0 Å². The van der Waals surface area contributed by atoms with Crippen molar-refractivity contribution >= 4 is 11.9 Å². The van der Waals surface area contributed by atoms with Crippen LogP contribution >= 0.6 is 0 Å². The Bertz CT molecular complexity index is 479. The highest BCUT2D eigenvalue weighted by Crippen LogP contribution is 2.27. The molecule has 2 N–H and O–H groups in total. The van der Waals surface area contributed by atoms with E-state index < -0.39 is 5.97 Å². The molecule has 0 radical (unpaired) electrons. The molecule has 0 aromatic carbocycles. The molecule has 1 amide bonds. The monoisotopic (exact) mass is 277 g/mol. The fourth-order valence-corrected chi connectivity index (χ4v) is 2.42. The van der Waals surface area contributed by atoms with Crippen LogP contribution in [-0.2, 0) is 0 Å². The fraction of sp³-hybridized carbons (Fsp3) is 0.571. The van der Waals surface area contributed by atoms with Crippen LogP contribution in [0.2, 0.25) is 0 Å². The van der Waals surface area contributed by atoms with Gasteiger partial charge in [-0.15, -0.1) is 0 Å². The van der Waals surface area contributed by atoms with Gasteiger partial charge in [0, 0.05) is 6.54 Å². The zero-order valence-electron chi connectivity index (χ0n) is 11.5. The standard InChI is InChI=1S/C14H19N3O3/c1-9-2-4-10(5-3-9)6-17-13(18)11-7-16-12(8-15-11)14(19)20/h7-10H,2-6H2,1H3,(H,17,18)(H,19,20). The van der Waals surface area contributed by atoms with E-state index in [1.807, 2.05) is 0 Å². The van der Waals surface area contributed by atoms with Crippen LogP contribution in [0.25, 0.3) is 0 Å². The molecular weight excluding hydrogens is 258 g/mol. The first-order chi connectivity index (χ1) is 9.56. The normalized spacial score (nSPS) is 22.2. The van der Waals surface area contributed by atoms with Gasteiger partial charge in [-0.3, -0.25) is 4.79 Å². The summed E-state index contributed by atoms with van der Waals surface area (Å²) in [5.41, 5.74) is -0.0120. The number of carboxylic acids is 1. The van der Waals surface area contributed by atoms with Crippen LogP contribution in [-0.4, -0.2) is 33.5 Å². The first-order valence-corrected chi connectivity index (χ1v) is 6.89. The molecule has 0 bridgehead atoms. The maximum Gasteiger partial charge on any atom is 0.356 e. The second kappa shape index (κ2) is 6.45. The Morgan fingerprint density at radius 2 is 1.80 bits per heavy atom. The molecule has 0 aliphatic heterocycles. The largest absolute Gasteiger partial charge is 0.476 e. The summed E-state index contributed by atoms with van der Waals surface area (Å²) < 4.78 is 0. The first kappa shape index (κ1) is 14.4. The highest BCUT2D eigenvalue weighted by molar-refractivity contribution is 5.92. The summed E-state index contributed by atoms with van der Waals surface area (Å²) in [7, 11) is 0. The van der Waals surface area contributed by atoms with Crippen molar-refractivity contribution in [3.8, 4) is 0 Å². The third kappa shape index (κ3) is 3.76. The highest BCUT2D eigenvalue weighted by Gasteiger charge is 2.19. The van der Waals surface area contributed by atoms with Crippen molar-refractivity contribution in [2.24, 2.45) is 11.8 Å². The van der Waals surface area contributed by atoms with E-state index in [4.69, 9.17) is 5.11 Å². The Balaban J connectivity index is 1.84. The van der Waals surface area contributed by atoms with Gasteiger partial charge in [0.25, 0.3) is 5.91 Å². The maximum absolute atomic E-state index is 11.9. The van der Waals surface area contributed by atoms with E-state index in [-0.39, 0.29) is 17.3 Å². The van der Waals surface area contributed by atoms with Gasteiger partial charge in [-0.05, 0) is 24.7 Å². The van der Waals surface area contributed by atoms with Gasteiger partial charge in [0.2, 0.25) is 0 Å². The molecule has 6 nitrogen and oxygen atoms in total. The minimum atomic E-state index is -1.15. The van der Waals surface area contributed by atoms with Crippen molar-refractivity contribution in [1.29, 1.82) is 0 Å². The van der Waals surface area contributed by atoms with E-state index in [2.05, 4.69) is 22.2 Å². The van der Waals surface area contributed by atoms with Crippen LogP contribution in [0.5, 0.6) is 0 Å². The van der Waals surface area contributed by atoms with Gasteiger partial charge in [0.1, 0.15) is 5.69 Å². The van der Waals surface area contributed by atoms with Gasteiger partial charge >= 0.3 is 5.97 Å². The molecule has 1 fully saturated rings. The number of amides is 1. The molecule has 1 aliphatic rings. The summed E-state index contributed by atoms with van der Waals surface area (Å²) in [6, 6.07) is 0. The molecule has 1 aliphatic carbocycles. The number of nitrogens with zero attached hydrogens (tertiary/aromatic N) is 2. The summed E-state index contributed by atoms with van der Waals surface area (Å²) in [5, 5.41) is 11.5. The molecule has 0 atom stereocenters. The van der Waals surface area contributed by atoms with Crippen LogP contribution in [0.3, 0.4) is 0 Å². The van der Waals surface area contributed by atoms with Gasteiger partial charge in [-0.1, -0.05) is 19.8 Å². The van der Waals surface area contributed by atoms with Crippen molar-refractivity contribution in [1.82, 2.24) is 15.3 Å². The third-order valence-corrected chi connectivity index (χ3v) is 3.79. The molecule has 1 saturated carbocycles. The Morgan fingerprint density at radius 1 is 1.20 bits per heavy atom. The third-order valence-electron chi connectivity index (χ3n) is 3.79. The second-order valence-corrected chi connectivity index (χ2v) is 5.43. The van der Waals surface area contributed by atoms with E-state index >= 15 is 0 Å². The summed E-state index contributed by atoms with van der Waals surface area (Å²) in [6.07, 6.45) is 7.01. The number of carbonyl (C=O) groups excluding carboxylic acids is 1. The molecule has 108 valence electrons.